The highest BCUT2D eigenvalue weighted by molar-refractivity contribution is 7.90. The van der Waals surface area contributed by atoms with Gasteiger partial charge in [0.15, 0.2) is 0 Å². The van der Waals surface area contributed by atoms with Crippen molar-refractivity contribution in [2.45, 2.75) is 57.2 Å². The molecule has 0 saturated heterocycles. The standard InChI is InChI=1S/C25H34ClN3O5S2/c1-16(2)12-19(15-35)28-24(31)10-11-27-14-18-8-9-20(22(26)13-18)21-6-4-5-7-23(21)36(33,34)29-25(32)17(3)30/h4-9,13,16-17,19,27,30,35H,10-12,14-15H2,1-3H3,(H,28,31)(H,29,32)/t17-,19+/m0/s1. The number of halogens is 1. The van der Waals surface area contributed by atoms with Crippen LogP contribution in [0.1, 0.15) is 39.2 Å². The summed E-state index contributed by atoms with van der Waals surface area (Å²) in [6.45, 7) is 6.34. The number of thiol groups is 1. The predicted octanol–water partition coefficient (Wildman–Crippen LogP) is 3.13. The summed E-state index contributed by atoms with van der Waals surface area (Å²) >= 11 is 10.8. The molecule has 0 heterocycles. The zero-order chi connectivity index (χ0) is 26.9. The topological polar surface area (TPSA) is 125 Å². The molecule has 0 aliphatic heterocycles. The third kappa shape index (κ3) is 9.08. The van der Waals surface area contributed by atoms with Gasteiger partial charge in [-0.15, -0.1) is 0 Å². The van der Waals surface area contributed by atoms with Gasteiger partial charge in [0.1, 0.15) is 6.10 Å². The maximum atomic E-state index is 12.8. The second kappa shape index (κ2) is 14.0. The van der Waals surface area contributed by atoms with E-state index < -0.39 is 22.0 Å². The molecule has 36 heavy (non-hydrogen) atoms. The smallest absolute Gasteiger partial charge is 0.264 e. The molecule has 2 atom stereocenters. The van der Waals surface area contributed by atoms with Crippen molar-refractivity contribution in [1.82, 2.24) is 15.4 Å². The Bertz CT molecular complexity index is 1160. The molecule has 0 unspecified atom stereocenters. The molecule has 0 aliphatic rings. The van der Waals surface area contributed by atoms with E-state index in [1.54, 1.807) is 24.3 Å². The molecule has 0 aromatic heterocycles. The molecule has 0 bridgehead atoms. The maximum Gasteiger partial charge on any atom is 0.264 e. The summed E-state index contributed by atoms with van der Waals surface area (Å²) in [5, 5.41) is 15.9. The van der Waals surface area contributed by atoms with Crippen molar-refractivity contribution in [2.75, 3.05) is 12.3 Å². The number of rotatable bonds is 13. The van der Waals surface area contributed by atoms with Crippen LogP contribution in [0.25, 0.3) is 11.1 Å². The summed E-state index contributed by atoms with van der Waals surface area (Å²) in [7, 11) is -4.23. The van der Waals surface area contributed by atoms with Gasteiger partial charge in [-0.25, -0.2) is 13.1 Å². The molecule has 0 fully saturated rings. The van der Waals surface area contributed by atoms with Crippen LogP contribution in [0.15, 0.2) is 47.4 Å². The lowest BCUT2D eigenvalue weighted by molar-refractivity contribution is -0.126. The summed E-state index contributed by atoms with van der Waals surface area (Å²) in [6, 6.07) is 11.5. The minimum Gasteiger partial charge on any atom is -0.384 e. The monoisotopic (exact) mass is 555 g/mol. The molecule has 2 aromatic rings. The molecule has 0 radical (unpaired) electrons. The zero-order valence-electron chi connectivity index (χ0n) is 20.6. The Morgan fingerprint density at radius 2 is 1.78 bits per heavy atom. The van der Waals surface area contributed by atoms with Crippen molar-refractivity contribution in [3.8, 4) is 11.1 Å². The average molecular weight is 556 g/mol. The van der Waals surface area contributed by atoms with Crippen LogP contribution in [0.2, 0.25) is 5.02 Å². The molecule has 8 nitrogen and oxygen atoms in total. The van der Waals surface area contributed by atoms with Crippen LogP contribution in [-0.4, -0.2) is 49.8 Å². The van der Waals surface area contributed by atoms with Gasteiger partial charge in [0, 0.05) is 47.5 Å². The van der Waals surface area contributed by atoms with E-state index in [4.69, 9.17) is 11.6 Å². The predicted molar refractivity (Wildman–Crippen MR) is 145 cm³/mol. The van der Waals surface area contributed by atoms with Crippen molar-refractivity contribution >= 4 is 46.1 Å². The third-order valence-corrected chi connectivity index (χ3v) is 7.47. The first-order valence-electron chi connectivity index (χ1n) is 11.7. The highest BCUT2D eigenvalue weighted by Gasteiger charge is 2.24. The van der Waals surface area contributed by atoms with E-state index in [0.29, 0.717) is 47.3 Å². The first kappa shape index (κ1) is 30.1. The SMILES string of the molecule is CC(C)C[C@H](CS)NC(=O)CCNCc1ccc(-c2ccccc2S(=O)(=O)NC(=O)[C@H](C)O)c(Cl)c1. The number of aliphatic hydroxyl groups excluding tert-OH is 1. The summed E-state index contributed by atoms with van der Waals surface area (Å²) < 4.78 is 27.4. The number of sulfonamides is 1. The van der Waals surface area contributed by atoms with Crippen molar-refractivity contribution in [1.29, 1.82) is 0 Å². The van der Waals surface area contributed by atoms with E-state index in [1.165, 1.54) is 19.1 Å². The van der Waals surface area contributed by atoms with Gasteiger partial charge in [0.25, 0.3) is 15.9 Å². The Kier molecular flexibility index (Phi) is 11.7. The number of aliphatic hydroxyl groups is 1. The Morgan fingerprint density at radius 3 is 2.39 bits per heavy atom. The molecular formula is C25H34ClN3O5S2. The molecule has 0 saturated carbocycles. The lowest BCUT2D eigenvalue weighted by Crippen LogP contribution is -2.38. The van der Waals surface area contributed by atoms with Crippen LogP contribution in [0.4, 0.5) is 0 Å². The van der Waals surface area contributed by atoms with E-state index in [9.17, 15) is 23.1 Å². The zero-order valence-corrected chi connectivity index (χ0v) is 23.1. The van der Waals surface area contributed by atoms with E-state index in [0.717, 1.165) is 12.0 Å². The van der Waals surface area contributed by atoms with Gasteiger partial charge in [-0.2, -0.15) is 12.6 Å². The summed E-state index contributed by atoms with van der Waals surface area (Å²) in [6.07, 6.45) is -0.263. The first-order valence-corrected chi connectivity index (χ1v) is 14.2. The van der Waals surface area contributed by atoms with E-state index >= 15 is 0 Å². The number of amides is 2. The van der Waals surface area contributed by atoms with Gasteiger partial charge < -0.3 is 15.7 Å². The normalized spacial score (nSPS) is 13.3. The van der Waals surface area contributed by atoms with Gasteiger partial charge in [0.05, 0.1) is 4.90 Å². The van der Waals surface area contributed by atoms with Crippen LogP contribution in [0.3, 0.4) is 0 Å². The van der Waals surface area contributed by atoms with Crippen molar-refractivity contribution in [2.24, 2.45) is 5.92 Å². The lowest BCUT2D eigenvalue weighted by atomic mass is 10.0. The number of hydrogen-bond acceptors (Lipinski definition) is 7. The van der Waals surface area contributed by atoms with Gasteiger partial charge in [0.2, 0.25) is 5.91 Å². The first-order chi connectivity index (χ1) is 16.9. The van der Waals surface area contributed by atoms with Gasteiger partial charge in [-0.05, 0) is 37.0 Å². The quantitative estimate of drug-likeness (QED) is 0.191. The fourth-order valence-corrected chi connectivity index (χ4v) is 5.38. The van der Waals surface area contributed by atoms with Crippen molar-refractivity contribution in [3.05, 3.63) is 53.1 Å². The minimum absolute atomic E-state index is 0.0314. The second-order valence-electron chi connectivity index (χ2n) is 8.96. The maximum absolute atomic E-state index is 12.8. The molecule has 2 aromatic carbocycles. The fourth-order valence-electron chi connectivity index (χ4n) is 3.57. The molecule has 2 amide bonds. The number of carbonyl (C=O) groups excluding carboxylic acids is 2. The fraction of sp³-hybridized carbons (Fsp3) is 0.440. The van der Waals surface area contributed by atoms with Crippen LogP contribution >= 0.6 is 24.2 Å². The Morgan fingerprint density at radius 1 is 1.08 bits per heavy atom. The summed E-state index contributed by atoms with van der Waals surface area (Å²) in [5.41, 5.74) is 1.66. The average Bonchev–Trinajstić information content (AvgIpc) is 2.81. The molecule has 2 rings (SSSR count). The van der Waals surface area contributed by atoms with E-state index in [-0.39, 0.29) is 16.8 Å². The molecule has 0 spiro atoms. The highest BCUT2D eigenvalue weighted by Crippen LogP contribution is 2.33. The Hall–Kier alpha value is -2.11. The van der Waals surface area contributed by atoms with Crippen LogP contribution in [0.5, 0.6) is 0 Å². The number of hydrogen-bond donors (Lipinski definition) is 5. The van der Waals surface area contributed by atoms with Crippen LogP contribution in [0, 0.1) is 5.92 Å². The van der Waals surface area contributed by atoms with Gasteiger partial charge >= 0.3 is 0 Å². The number of carbonyl (C=O) groups is 2. The Labute approximate surface area is 223 Å². The molecule has 4 N–H and O–H groups in total. The van der Waals surface area contributed by atoms with E-state index in [1.807, 2.05) is 10.8 Å². The molecule has 0 aliphatic carbocycles. The van der Waals surface area contributed by atoms with E-state index in [2.05, 4.69) is 37.1 Å². The number of benzene rings is 2. The van der Waals surface area contributed by atoms with Crippen molar-refractivity contribution in [3.63, 3.8) is 0 Å². The lowest BCUT2D eigenvalue weighted by Gasteiger charge is -2.18. The number of nitrogens with one attached hydrogen (secondary N) is 3. The second-order valence-corrected chi connectivity index (χ2v) is 11.4. The van der Waals surface area contributed by atoms with Crippen molar-refractivity contribution < 1.29 is 23.1 Å². The summed E-state index contributed by atoms with van der Waals surface area (Å²) in [5.74, 6) is 0.0195. The molecule has 11 heteroatoms. The largest absolute Gasteiger partial charge is 0.384 e. The minimum atomic E-state index is -4.23. The Balaban J connectivity index is 2.04. The third-order valence-electron chi connectivity index (χ3n) is 5.31. The molecule has 198 valence electrons. The summed E-state index contributed by atoms with van der Waals surface area (Å²) in [4.78, 5) is 23.8. The van der Waals surface area contributed by atoms with Gasteiger partial charge in [-0.3, -0.25) is 9.59 Å². The van der Waals surface area contributed by atoms with Gasteiger partial charge in [-0.1, -0.05) is 55.8 Å². The molecular weight excluding hydrogens is 522 g/mol. The van der Waals surface area contributed by atoms with Crippen LogP contribution < -0.4 is 15.4 Å². The highest BCUT2D eigenvalue weighted by atomic mass is 35.5. The van der Waals surface area contributed by atoms with Crippen LogP contribution in [-0.2, 0) is 26.2 Å².